The van der Waals surface area contributed by atoms with Crippen molar-refractivity contribution in [2.45, 2.75) is 25.9 Å². The molecule has 2 aromatic rings. The van der Waals surface area contributed by atoms with E-state index >= 15 is 0 Å². The van der Waals surface area contributed by atoms with Crippen molar-refractivity contribution < 1.29 is 0 Å². The van der Waals surface area contributed by atoms with Crippen molar-refractivity contribution in [2.75, 3.05) is 38.5 Å². The van der Waals surface area contributed by atoms with E-state index in [4.69, 9.17) is 12.2 Å². The van der Waals surface area contributed by atoms with E-state index in [0.29, 0.717) is 11.2 Å². The molecular weight excluding hydrogens is 360 g/mol. The zero-order valence-corrected chi connectivity index (χ0v) is 17.4. The Hall–Kier alpha value is -1.47. The van der Waals surface area contributed by atoms with E-state index in [2.05, 4.69) is 71.0 Å². The minimum atomic E-state index is 0.223. The molecule has 0 aliphatic carbocycles. The lowest BCUT2D eigenvalue weighted by Gasteiger charge is -2.40. The fraction of sp³-hybridized carbons (Fsp3) is 0.450. The molecule has 0 saturated carbocycles. The third-order valence-corrected chi connectivity index (χ3v) is 6.15. The lowest BCUT2D eigenvalue weighted by Crippen LogP contribution is -2.51. The Morgan fingerprint density at radius 3 is 2.50 bits per heavy atom. The van der Waals surface area contributed by atoms with Crippen molar-refractivity contribution in [1.29, 1.82) is 0 Å². The first kappa shape index (κ1) is 19.3. The summed E-state index contributed by atoms with van der Waals surface area (Å²) in [4.78, 5) is 6.37. The van der Waals surface area contributed by atoms with Crippen LogP contribution >= 0.6 is 23.6 Å². The molecule has 3 rings (SSSR count). The van der Waals surface area contributed by atoms with E-state index in [1.165, 1.54) is 10.4 Å². The summed E-state index contributed by atoms with van der Waals surface area (Å²) in [6.45, 7) is 8.72. The monoisotopic (exact) mass is 388 g/mol. The third kappa shape index (κ3) is 4.82. The van der Waals surface area contributed by atoms with Crippen LogP contribution in [-0.2, 0) is 0 Å². The van der Waals surface area contributed by atoms with Gasteiger partial charge in [-0.05, 0) is 56.2 Å². The molecule has 6 heteroatoms. The number of rotatable bonds is 5. The van der Waals surface area contributed by atoms with Gasteiger partial charge in [0.1, 0.15) is 0 Å². The second-order valence-corrected chi connectivity index (χ2v) is 8.39. The van der Waals surface area contributed by atoms with E-state index in [1.54, 1.807) is 0 Å². The number of para-hydroxylation sites is 1. The number of aryl methyl sites for hydroxylation is 1. The quantitative estimate of drug-likeness (QED) is 0.763. The molecule has 1 aromatic carbocycles. The maximum Gasteiger partial charge on any atom is 0.171 e. The topological polar surface area (TPSA) is 30.5 Å². The molecule has 2 N–H and O–H groups in total. The van der Waals surface area contributed by atoms with Crippen LogP contribution in [0.1, 0.15) is 23.4 Å². The number of thiocarbonyl (C=S) groups is 1. The van der Waals surface area contributed by atoms with Crippen LogP contribution < -0.4 is 10.6 Å². The molecule has 0 spiro atoms. The highest BCUT2D eigenvalue weighted by molar-refractivity contribution is 7.80. The smallest absolute Gasteiger partial charge is 0.171 e. The molecule has 0 radical (unpaired) electrons. The molecule has 1 aliphatic rings. The van der Waals surface area contributed by atoms with Gasteiger partial charge in [-0.2, -0.15) is 0 Å². The van der Waals surface area contributed by atoms with Gasteiger partial charge in [0.25, 0.3) is 0 Å². The number of nitrogens with zero attached hydrogens (tertiary/aromatic N) is 2. The zero-order chi connectivity index (χ0) is 18.5. The molecule has 0 bridgehead atoms. The Bertz CT molecular complexity index is 708. The highest BCUT2D eigenvalue weighted by Crippen LogP contribution is 2.29. The number of nitrogens with one attached hydrogen (secondary N) is 2. The largest absolute Gasteiger partial charge is 0.358 e. The van der Waals surface area contributed by atoms with Crippen molar-refractivity contribution in [2.24, 2.45) is 0 Å². The van der Waals surface area contributed by atoms with Crippen molar-refractivity contribution >= 4 is 34.4 Å². The third-order valence-electron chi connectivity index (χ3n) is 4.99. The van der Waals surface area contributed by atoms with Gasteiger partial charge in [0, 0.05) is 42.8 Å². The molecule has 0 unspecified atom stereocenters. The van der Waals surface area contributed by atoms with Crippen LogP contribution in [0, 0.1) is 6.92 Å². The van der Waals surface area contributed by atoms with Crippen molar-refractivity contribution in [3.05, 3.63) is 52.2 Å². The van der Waals surface area contributed by atoms with Crippen LogP contribution in [0.15, 0.2) is 41.8 Å². The van der Waals surface area contributed by atoms with Gasteiger partial charge < -0.3 is 15.5 Å². The van der Waals surface area contributed by atoms with Gasteiger partial charge in [-0.15, -0.1) is 11.3 Å². The average Bonchev–Trinajstić information content (AvgIpc) is 3.13. The summed E-state index contributed by atoms with van der Waals surface area (Å²) >= 11 is 7.42. The van der Waals surface area contributed by atoms with Gasteiger partial charge in [-0.3, -0.25) is 4.90 Å². The fourth-order valence-corrected chi connectivity index (χ4v) is 4.72. The predicted molar refractivity (Wildman–Crippen MR) is 116 cm³/mol. The fourth-order valence-electron chi connectivity index (χ4n) is 3.46. The minimum Gasteiger partial charge on any atom is -0.358 e. The number of thiophene rings is 1. The highest BCUT2D eigenvalue weighted by Gasteiger charge is 2.29. The highest BCUT2D eigenvalue weighted by atomic mass is 32.1. The first-order chi connectivity index (χ1) is 12.5. The Balaban J connectivity index is 1.68. The number of hydrogen-bond acceptors (Lipinski definition) is 4. The molecule has 2 heterocycles. The second kappa shape index (κ2) is 8.95. The normalized spacial score (nSPS) is 18.3. The minimum absolute atomic E-state index is 0.223. The van der Waals surface area contributed by atoms with Crippen LogP contribution in [0.4, 0.5) is 5.69 Å². The number of hydrogen-bond donors (Lipinski definition) is 2. The molecule has 26 heavy (non-hydrogen) atoms. The maximum atomic E-state index is 5.60. The van der Waals surface area contributed by atoms with Crippen molar-refractivity contribution in [1.82, 2.24) is 15.1 Å². The lowest BCUT2D eigenvalue weighted by atomic mass is 10.1. The maximum absolute atomic E-state index is 5.60. The molecule has 1 aliphatic heterocycles. The molecule has 1 aromatic heterocycles. The van der Waals surface area contributed by atoms with E-state index in [0.717, 1.165) is 31.9 Å². The Morgan fingerprint density at radius 2 is 1.85 bits per heavy atom. The Morgan fingerprint density at radius 1 is 1.12 bits per heavy atom. The van der Waals surface area contributed by atoms with E-state index in [9.17, 15) is 0 Å². The molecule has 2 atom stereocenters. The van der Waals surface area contributed by atoms with Crippen LogP contribution in [-0.4, -0.2) is 54.2 Å². The summed E-state index contributed by atoms with van der Waals surface area (Å²) in [5, 5.41) is 9.72. The molecule has 140 valence electrons. The van der Waals surface area contributed by atoms with Crippen molar-refractivity contribution in [3.8, 4) is 0 Å². The molecule has 4 nitrogen and oxygen atoms in total. The van der Waals surface area contributed by atoms with Gasteiger partial charge >= 0.3 is 0 Å². The molecular formula is C20H28N4S2. The standard InChI is InChI=1S/C20H28N4S2/c1-15-7-4-5-8-17(15)22-20(25)21-16(2)19(18-9-6-14-26-18)24-12-10-23(3)11-13-24/h4-9,14,16,19H,10-13H2,1-3H3,(H2,21,22,25)/t16-,19-/m0/s1. The molecule has 1 fully saturated rings. The number of benzene rings is 1. The summed E-state index contributed by atoms with van der Waals surface area (Å²) in [6, 6.07) is 13.2. The second-order valence-electron chi connectivity index (χ2n) is 7.00. The van der Waals surface area contributed by atoms with E-state index < -0.39 is 0 Å². The first-order valence-corrected chi connectivity index (χ1v) is 10.4. The van der Waals surface area contributed by atoms with Crippen LogP contribution in [0.25, 0.3) is 0 Å². The van der Waals surface area contributed by atoms with Crippen LogP contribution in [0.5, 0.6) is 0 Å². The Labute approximate surface area is 166 Å². The van der Waals surface area contributed by atoms with E-state index in [1.807, 2.05) is 23.5 Å². The number of anilines is 1. The van der Waals surface area contributed by atoms with Crippen molar-refractivity contribution in [3.63, 3.8) is 0 Å². The summed E-state index contributed by atoms with van der Waals surface area (Å²) in [5.41, 5.74) is 2.25. The van der Waals surface area contributed by atoms with E-state index in [-0.39, 0.29) is 6.04 Å². The van der Waals surface area contributed by atoms with Gasteiger partial charge in [-0.1, -0.05) is 24.3 Å². The predicted octanol–water partition coefficient (Wildman–Crippen LogP) is 3.72. The van der Waals surface area contributed by atoms with Gasteiger partial charge in [0.2, 0.25) is 0 Å². The summed E-state index contributed by atoms with van der Waals surface area (Å²) in [7, 11) is 2.19. The number of likely N-dealkylation sites (N-methyl/N-ethyl adjacent to an activating group) is 1. The summed E-state index contributed by atoms with van der Waals surface area (Å²) in [6.07, 6.45) is 0. The Kier molecular flexibility index (Phi) is 6.64. The van der Waals surface area contributed by atoms with Crippen LogP contribution in [0.2, 0.25) is 0 Å². The lowest BCUT2D eigenvalue weighted by molar-refractivity contribution is 0.0990. The summed E-state index contributed by atoms with van der Waals surface area (Å²) in [5.74, 6) is 0. The molecule has 1 saturated heterocycles. The average molecular weight is 389 g/mol. The van der Waals surface area contributed by atoms with Gasteiger partial charge in [0.05, 0.1) is 6.04 Å². The molecule has 0 amide bonds. The van der Waals surface area contributed by atoms with Gasteiger partial charge in [0.15, 0.2) is 5.11 Å². The SMILES string of the molecule is Cc1ccccc1NC(=S)N[C@@H](C)[C@@H](c1cccs1)N1CCN(C)CC1. The number of piperazine rings is 1. The van der Waals surface area contributed by atoms with Crippen LogP contribution in [0.3, 0.4) is 0 Å². The first-order valence-electron chi connectivity index (χ1n) is 9.14. The summed E-state index contributed by atoms with van der Waals surface area (Å²) < 4.78 is 0. The zero-order valence-electron chi connectivity index (χ0n) is 15.7. The van der Waals surface area contributed by atoms with Gasteiger partial charge in [-0.25, -0.2) is 0 Å².